The molecule has 2 heterocycles. The number of rotatable bonds is 3. The second kappa shape index (κ2) is 7.11. The number of carbonyl (C=O) groups excluding carboxylic acids is 1. The molecular formula is C21H17F2N5O2. The zero-order valence-corrected chi connectivity index (χ0v) is 15.8. The van der Waals surface area contributed by atoms with Crippen LogP contribution in [-0.4, -0.2) is 16.7 Å². The first-order valence-corrected chi connectivity index (χ1v) is 8.92. The van der Waals surface area contributed by atoms with Crippen LogP contribution < -0.4 is 21.5 Å². The van der Waals surface area contributed by atoms with Crippen molar-refractivity contribution in [3.05, 3.63) is 83.2 Å². The van der Waals surface area contributed by atoms with Gasteiger partial charge in [0.05, 0.1) is 23.0 Å². The molecule has 0 bridgehead atoms. The Morgan fingerprint density at radius 1 is 1.10 bits per heavy atom. The molecule has 3 aromatic rings. The topological polar surface area (TPSA) is 116 Å². The summed E-state index contributed by atoms with van der Waals surface area (Å²) in [5, 5.41) is 2.65. The summed E-state index contributed by atoms with van der Waals surface area (Å²) in [4.78, 5) is 20.6. The lowest BCUT2D eigenvalue weighted by atomic mass is 10.0. The summed E-state index contributed by atoms with van der Waals surface area (Å²) >= 11 is 0. The maximum Gasteiger partial charge on any atom is 0.274 e. The third kappa shape index (κ3) is 3.52. The monoisotopic (exact) mass is 409 g/mol. The fourth-order valence-electron chi connectivity index (χ4n) is 3.13. The van der Waals surface area contributed by atoms with Crippen molar-refractivity contribution in [2.75, 3.05) is 11.1 Å². The Labute approximate surface area is 170 Å². The number of amides is 1. The highest BCUT2D eigenvalue weighted by molar-refractivity contribution is 6.03. The van der Waals surface area contributed by atoms with E-state index in [1.807, 2.05) is 0 Å². The summed E-state index contributed by atoms with van der Waals surface area (Å²) in [5.74, 6) is -1.31. The SMILES string of the molecule is CC1(c2cc(NC(=O)c3ccc(N)cn3)ccc2F)N=C(N)c2cc(F)ccc2O1. The number of nitrogen functional groups attached to an aromatic ring is 1. The Balaban J connectivity index is 1.67. The number of anilines is 2. The van der Waals surface area contributed by atoms with Crippen LogP contribution in [0.2, 0.25) is 0 Å². The molecule has 0 spiro atoms. The van der Waals surface area contributed by atoms with Crippen molar-refractivity contribution in [3.8, 4) is 5.75 Å². The van der Waals surface area contributed by atoms with E-state index < -0.39 is 23.3 Å². The third-order valence-corrected chi connectivity index (χ3v) is 4.60. The van der Waals surface area contributed by atoms with Gasteiger partial charge in [0.2, 0.25) is 5.72 Å². The van der Waals surface area contributed by atoms with Crippen LogP contribution in [0.15, 0.2) is 59.7 Å². The first kappa shape index (κ1) is 19.3. The molecule has 1 aliphatic heterocycles. The maximum atomic E-state index is 14.7. The standard InChI is InChI=1S/C21H17F2N5O2/c1-21(28-19(25)14-8-11(22)2-7-18(14)30-21)15-9-13(4-5-16(15)23)27-20(29)17-6-3-12(24)10-26-17/h2-10H,24H2,1H3,(H2,25,28)(H,27,29). The minimum Gasteiger partial charge on any atom is -0.461 e. The lowest BCUT2D eigenvalue weighted by Crippen LogP contribution is -2.36. The summed E-state index contributed by atoms with van der Waals surface area (Å²) in [6.07, 6.45) is 1.36. The Morgan fingerprint density at radius 3 is 2.63 bits per heavy atom. The van der Waals surface area contributed by atoms with E-state index in [4.69, 9.17) is 16.2 Å². The van der Waals surface area contributed by atoms with Gasteiger partial charge in [-0.2, -0.15) is 0 Å². The molecule has 1 unspecified atom stereocenters. The zero-order chi connectivity index (χ0) is 21.5. The average molecular weight is 409 g/mol. The Bertz CT molecular complexity index is 1180. The predicted octanol–water partition coefficient (Wildman–Crippen LogP) is 3.16. The van der Waals surface area contributed by atoms with E-state index in [0.717, 1.165) is 0 Å². The second-order valence-corrected chi connectivity index (χ2v) is 6.85. The average Bonchev–Trinajstić information content (AvgIpc) is 2.70. The van der Waals surface area contributed by atoms with Gasteiger partial charge in [0.25, 0.3) is 5.91 Å². The molecule has 1 aromatic heterocycles. The van der Waals surface area contributed by atoms with Crippen LogP contribution in [0.3, 0.4) is 0 Å². The quantitative estimate of drug-likeness (QED) is 0.615. The van der Waals surface area contributed by atoms with Crippen LogP contribution >= 0.6 is 0 Å². The molecule has 7 nitrogen and oxygen atoms in total. The summed E-state index contributed by atoms with van der Waals surface area (Å²) in [7, 11) is 0. The number of aromatic nitrogens is 1. The number of benzene rings is 2. The molecule has 1 aliphatic rings. The van der Waals surface area contributed by atoms with Crippen LogP contribution in [0.5, 0.6) is 5.75 Å². The van der Waals surface area contributed by atoms with Gasteiger partial charge in [-0.15, -0.1) is 0 Å². The van der Waals surface area contributed by atoms with Gasteiger partial charge in [0.15, 0.2) is 0 Å². The van der Waals surface area contributed by atoms with Crippen LogP contribution in [0.1, 0.15) is 28.5 Å². The number of carbonyl (C=O) groups is 1. The smallest absolute Gasteiger partial charge is 0.274 e. The van der Waals surface area contributed by atoms with E-state index in [2.05, 4.69) is 15.3 Å². The Morgan fingerprint density at radius 2 is 1.90 bits per heavy atom. The van der Waals surface area contributed by atoms with Crippen molar-refractivity contribution in [1.29, 1.82) is 0 Å². The molecule has 0 saturated carbocycles. The lowest BCUT2D eigenvalue weighted by molar-refractivity contribution is 0.0883. The zero-order valence-electron chi connectivity index (χ0n) is 15.8. The number of hydrogen-bond donors (Lipinski definition) is 3. The van der Waals surface area contributed by atoms with Crippen molar-refractivity contribution in [3.63, 3.8) is 0 Å². The summed E-state index contributed by atoms with van der Waals surface area (Å²) in [5.41, 5.74) is 11.2. The first-order chi connectivity index (χ1) is 14.2. The molecule has 2 aromatic carbocycles. The van der Waals surface area contributed by atoms with Crippen LogP contribution in [0.25, 0.3) is 0 Å². The minimum absolute atomic E-state index is 0.0122. The molecule has 0 aliphatic carbocycles. The number of fused-ring (bicyclic) bond motifs is 1. The van der Waals surface area contributed by atoms with E-state index in [-0.39, 0.29) is 28.4 Å². The Hall–Kier alpha value is -4.01. The normalized spacial score (nSPS) is 17.5. The number of halogens is 2. The molecule has 152 valence electrons. The molecule has 1 atom stereocenters. The third-order valence-electron chi connectivity index (χ3n) is 4.60. The number of aliphatic imine (C=N–C) groups is 1. The largest absolute Gasteiger partial charge is 0.461 e. The molecule has 4 rings (SSSR count). The molecule has 30 heavy (non-hydrogen) atoms. The molecule has 5 N–H and O–H groups in total. The maximum absolute atomic E-state index is 14.7. The molecular weight excluding hydrogens is 392 g/mol. The summed E-state index contributed by atoms with van der Waals surface area (Å²) in [6, 6.07) is 10.8. The van der Waals surface area contributed by atoms with Gasteiger partial charge in [-0.3, -0.25) is 4.79 Å². The van der Waals surface area contributed by atoms with Gasteiger partial charge in [-0.25, -0.2) is 18.8 Å². The summed E-state index contributed by atoms with van der Waals surface area (Å²) in [6.45, 7) is 1.53. The van der Waals surface area contributed by atoms with Crippen LogP contribution in [0, 0.1) is 11.6 Å². The molecule has 9 heteroatoms. The van der Waals surface area contributed by atoms with Crippen LogP contribution in [0.4, 0.5) is 20.2 Å². The van der Waals surface area contributed by atoms with Crippen molar-refractivity contribution >= 4 is 23.1 Å². The fourth-order valence-corrected chi connectivity index (χ4v) is 3.13. The molecule has 0 fully saturated rings. The highest BCUT2D eigenvalue weighted by Crippen LogP contribution is 2.38. The summed E-state index contributed by atoms with van der Waals surface area (Å²) < 4.78 is 34.0. The number of nitrogens with two attached hydrogens (primary N) is 2. The van der Waals surface area contributed by atoms with Crippen molar-refractivity contribution in [2.24, 2.45) is 10.7 Å². The number of ether oxygens (including phenoxy) is 1. The fraction of sp³-hybridized carbons (Fsp3) is 0.0952. The van der Waals surface area contributed by atoms with Gasteiger partial charge >= 0.3 is 0 Å². The number of pyridine rings is 1. The predicted molar refractivity (Wildman–Crippen MR) is 108 cm³/mol. The van der Waals surface area contributed by atoms with Gasteiger partial charge in [-0.05, 0) is 48.5 Å². The lowest BCUT2D eigenvalue weighted by Gasteiger charge is -2.32. The van der Waals surface area contributed by atoms with Gasteiger partial charge < -0.3 is 21.5 Å². The Kier molecular flexibility index (Phi) is 4.57. The van der Waals surface area contributed by atoms with Gasteiger partial charge in [0, 0.05) is 12.6 Å². The second-order valence-electron chi connectivity index (χ2n) is 6.85. The van der Waals surface area contributed by atoms with Gasteiger partial charge in [-0.1, -0.05) is 0 Å². The van der Waals surface area contributed by atoms with E-state index >= 15 is 0 Å². The number of amidine groups is 1. The molecule has 1 amide bonds. The molecule has 0 saturated heterocycles. The van der Waals surface area contributed by atoms with E-state index in [1.54, 1.807) is 6.07 Å². The van der Waals surface area contributed by atoms with E-state index in [1.165, 1.54) is 55.6 Å². The van der Waals surface area contributed by atoms with Crippen molar-refractivity contribution in [1.82, 2.24) is 4.98 Å². The number of nitrogens with zero attached hydrogens (tertiary/aromatic N) is 2. The van der Waals surface area contributed by atoms with E-state index in [0.29, 0.717) is 11.4 Å². The number of nitrogens with one attached hydrogen (secondary N) is 1. The highest BCUT2D eigenvalue weighted by Gasteiger charge is 2.36. The molecule has 0 radical (unpaired) electrons. The van der Waals surface area contributed by atoms with Crippen molar-refractivity contribution < 1.29 is 18.3 Å². The van der Waals surface area contributed by atoms with Crippen LogP contribution in [-0.2, 0) is 5.72 Å². The first-order valence-electron chi connectivity index (χ1n) is 8.92. The van der Waals surface area contributed by atoms with Gasteiger partial charge in [0.1, 0.15) is 28.9 Å². The minimum atomic E-state index is -1.51. The van der Waals surface area contributed by atoms with Crippen molar-refractivity contribution in [2.45, 2.75) is 12.6 Å². The highest BCUT2D eigenvalue weighted by atomic mass is 19.1. The van der Waals surface area contributed by atoms with E-state index in [9.17, 15) is 13.6 Å². The number of hydrogen-bond acceptors (Lipinski definition) is 6.